The van der Waals surface area contributed by atoms with Crippen LogP contribution in [-0.4, -0.2) is 20.9 Å². The van der Waals surface area contributed by atoms with Crippen LogP contribution in [0.1, 0.15) is 21.6 Å². The van der Waals surface area contributed by atoms with E-state index in [0.717, 1.165) is 16.8 Å². The number of rotatable bonds is 3. The van der Waals surface area contributed by atoms with E-state index in [9.17, 15) is 18.0 Å². The Balaban J connectivity index is 2.29. The maximum Gasteiger partial charge on any atom is 0.416 e. The summed E-state index contributed by atoms with van der Waals surface area (Å²) in [4.78, 5) is 11.0. The molecule has 2 aromatic rings. The highest BCUT2D eigenvalue weighted by Crippen LogP contribution is 2.29. The fourth-order valence-corrected chi connectivity index (χ4v) is 1.63. The van der Waals surface area contributed by atoms with Crippen LogP contribution < -0.4 is 11.5 Å². The molecule has 0 spiro atoms. The molecule has 0 fully saturated rings. The Hall–Kier alpha value is -2.58. The number of nitrogens with zero attached hydrogens (tertiary/aromatic N) is 3. The van der Waals surface area contributed by atoms with Gasteiger partial charge in [-0.3, -0.25) is 4.79 Å². The zero-order chi connectivity index (χ0) is 14.9. The fraction of sp³-hybridized carbons (Fsp3) is 0.182. The fourth-order valence-electron chi connectivity index (χ4n) is 1.63. The van der Waals surface area contributed by atoms with Crippen LogP contribution in [0.3, 0.4) is 0 Å². The number of nitrogen functional groups attached to an aromatic ring is 1. The first kappa shape index (κ1) is 13.8. The second-order valence-corrected chi connectivity index (χ2v) is 4.04. The van der Waals surface area contributed by atoms with Crippen molar-refractivity contribution in [2.45, 2.75) is 12.7 Å². The molecule has 9 heteroatoms. The van der Waals surface area contributed by atoms with Crippen molar-refractivity contribution in [1.29, 1.82) is 0 Å². The average Bonchev–Trinajstić information content (AvgIpc) is 2.70. The molecular weight excluding hydrogens is 275 g/mol. The molecule has 6 nitrogen and oxygen atoms in total. The van der Waals surface area contributed by atoms with Crippen LogP contribution >= 0.6 is 0 Å². The summed E-state index contributed by atoms with van der Waals surface area (Å²) in [7, 11) is 0. The van der Waals surface area contributed by atoms with Gasteiger partial charge in [-0.15, -0.1) is 5.10 Å². The van der Waals surface area contributed by atoms with Gasteiger partial charge < -0.3 is 11.5 Å². The molecule has 1 amide bonds. The van der Waals surface area contributed by atoms with Crippen molar-refractivity contribution in [2.24, 2.45) is 5.73 Å². The first-order chi connectivity index (χ1) is 9.29. The third-order valence-corrected chi connectivity index (χ3v) is 2.59. The van der Waals surface area contributed by atoms with Crippen LogP contribution in [0.5, 0.6) is 0 Å². The Bertz CT molecular complexity index is 650. The highest BCUT2D eigenvalue weighted by molar-refractivity contribution is 5.94. The molecule has 1 aromatic heterocycles. The van der Waals surface area contributed by atoms with E-state index in [4.69, 9.17) is 11.5 Å². The number of carbonyl (C=O) groups excluding carboxylic acids is 1. The van der Waals surface area contributed by atoms with Crippen molar-refractivity contribution in [2.75, 3.05) is 5.73 Å². The summed E-state index contributed by atoms with van der Waals surface area (Å²) in [6, 6.07) is 4.70. The molecule has 20 heavy (non-hydrogen) atoms. The van der Waals surface area contributed by atoms with Crippen molar-refractivity contribution >= 4 is 11.7 Å². The monoisotopic (exact) mass is 285 g/mol. The third-order valence-electron chi connectivity index (χ3n) is 2.59. The number of aromatic nitrogens is 3. The van der Waals surface area contributed by atoms with Gasteiger partial charge in [-0.25, -0.2) is 4.68 Å². The Morgan fingerprint density at radius 2 is 2.05 bits per heavy atom. The van der Waals surface area contributed by atoms with Gasteiger partial charge in [0.15, 0.2) is 11.5 Å². The van der Waals surface area contributed by atoms with Crippen molar-refractivity contribution in [3.05, 3.63) is 41.1 Å². The normalized spacial score (nSPS) is 11.6. The molecule has 0 atom stereocenters. The second-order valence-electron chi connectivity index (χ2n) is 4.04. The van der Waals surface area contributed by atoms with E-state index in [1.807, 2.05) is 0 Å². The summed E-state index contributed by atoms with van der Waals surface area (Å²) in [5.41, 5.74) is 9.95. The zero-order valence-electron chi connectivity index (χ0n) is 10.1. The minimum atomic E-state index is -4.43. The summed E-state index contributed by atoms with van der Waals surface area (Å²) >= 11 is 0. The van der Waals surface area contributed by atoms with E-state index < -0.39 is 17.6 Å². The molecule has 0 bridgehead atoms. The summed E-state index contributed by atoms with van der Waals surface area (Å²) in [6.07, 6.45) is -4.43. The maximum atomic E-state index is 12.6. The number of hydrogen-bond acceptors (Lipinski definition) is 4. The molecule has 106 valence electrons. The Morgan fingerprint density at radius 3 is 2.60 bits per heavy atom. The Kier molecular flexibility index (Phi) is 3.35. The van der Waals surface area contributed by atoms with Crippen molar-refractivity contribution < 1.29 is 18.0 Å². The standard InChI is InChI=1S/C11H10F3N5O/c12-11(13,14)7-3-1-2-6(4-7)5-19-9(15)8(10(16)20)17-18-19/h1-4H,5,15H2,(H2,16,20). The summed E-state index contributed by atoms with van der Waals surface area (Å²) in [5.74, 6) is -0.937. The number of benzene rings is 1. The molecule has 0 saturated heterocycles. The van der Waals surface area contributed by atoms with Gasteiger partial charge in [0.1, 0.15) is 0 Å². The highest BCUT2D eigenvalue weighted by atomic mass is 19.4. The lowest BCUT2D eigenvalue weighted by atomic mass is 10.1. The number of nitrogens with two attached hydrogens (primary N) is 2. The largest absolute Gasteiger partial charge is 0.416 e. The molecule has 0 unspecified atom stereocenters. The predicted octanol–water partition coefficient (Wildman–Crippen LogP) is 1.03. The van der Waals surface area contributed by atoms with E-state index in [-0.39, 0.29) is 18.1 Å². The first-order valence-electron chi connectivity index (χ1n) is 5.44. The van der Waals surface area contributed by atoms with Crippen LogP contribution in [0.25, 0.3) is 0 Å². The molecule has 0 saturated carbocycles. The second kappa shape index (κ2) is 4.83. The van der Waals surface area contributed by atoms with E-state index in [1.54, 1.807) is 0 Å². The third kappa shape index (κ3) is 2.71. The van der Waals surface area contributed by atoms with Crippen LogP contribution in [0.2, 0.25) is 0 Å². The summed E-state index contributed by atoms with van der Waals surface area (Å²) in [6.45, 7) is -0.0456. The predicted molar refractivity (Wildman–Crippen MR) is 63.5 cm³/mol. The molecule has 4 N–H and O–H groups in total. The van der Waals surface area contributed by atoms with Crippen molar-refractivity contribution in [3.63, 3.8) is 0 Å². The zero-order valence-corrected chi connectivity index (χ0v) is 10.1. The number of halogens is 3. The quantitative estimate of drug-likeness (QED) is 0.879. The maximum absolute atomic E-state index is 12.6. The van der Waals surface area contributed by atoms with Gasteiger partial charge in [0.2, 0.25) is 0 Å². The number of alkyl halides is 3. The SMILES string of the molecule is NC(=O)c1nnn(Cc2cccc(C(F)(F)F)c2)c1N. The van der Waals surface area contributed by atoms with Crippen LogP contribution in [0, 0.1) is 0 Å². The van der Waals surface area contributed by atoms with Crippen molar-refractivity contribution in [1.82, 2.24) is 15.0 Å². The van der Waals surface area contributed by atoms with Crippen LogP contribution in [0.15, 0.2) is 24.3 Å². The first-order valence-corrected chi connectivity index (χ1v) is 5.44. The van der Waals surface area contributed by atoms with E-state index in [2.05, 4.69) is 10.3 Å². The summed E-state index contributed by atoms with van der Waals surface area (Å²) < 4.78 is 38.8. The number of carbonyl (C=O) groups is 1. The van der Waals surface area contributed by atoms with Gasteiger partial charge in [-0.2, -0.15) is 13.2 Å². The lowest BCUT2D eigenvalue weighted by Gasteiger charge is -2.09. The molecule has 0 radical (unpaired) electrons. The molecule has 0 aliphatic heterocycles. The van der Waals surface area contributed by atoms with Gasteiger partial charge in [0.25, 0.3) is 5.91 Å². The number of primary amides is 1. The smallest absolute Gasteiger partial charge is 0.382 e. The van der Waals surface area contributed by atoms with E-state index in [0.29, 0.717) is 5.56 Å². The Labute approximate surface area is 111 Å². The highest BCUT2D eigenvalue weighted by Gasteiger charge is 2.30. The topological polar surface area (TPSA) is 99.8 Å². The lowest BCUT2D eigenvalue weighted by molar-refractivity contribution is -0.137. The van der Waals surface area contributed by atoms with E-state index in [1.165, 1.54) is 12.1 Å². The van der Waals surface area contributed by atoms with Gasteiger partial charge in [-0.05, 0) is 17.7 Å². The number of anilines is 1. The number of amides is 1. The molecule has 0 aliphatic rings. The van der Waals surface area contributed by atoms with Crippen LogP contribution in [-0.2, 0) is 12.7 Å². The molecule has 0 aliphatic carbocycles. The molecule has 1 aromatic carbocycles. The molecule has 1 heterocycles. The average molecular weight is 285 g/mol. The molecular formula is C11H10F3N5O. The van der Waals surface area contributed by atoms with Crippen molar-refractivity contribution in [3.8, 4) is 0 Å². The molecule has 2 rings (SSSR count). The number of hydrogen-bond donors (Lipinski definition) is 2. The minimum absolute atomic E-state index is 0.0456. The van der Waals surface area contributed by atoms with Gasteiger partial charge in [0, 0.05) is 0 Å². The van der Waals surface area contributed by atoms with Gasteiger partial charge in [0.05, 0.1) is 12.1 Å². The van der Waals surface area contributed by atoms with Gasteiger partial charge in [-0.1, -0.05) is 17.3 Å². The Morgan fingerprint density at radius 1 is 1.35 bits per heavy atom. The van der Waals surface area contributed by atoms with E-state index >= 15 is 0 Å². The van der Waals surface area contributed by atoms with Crippen LogP contribution in [0.4, 0.5) is 19.0 Å². The van der Waals surface area contributed by atoms with Gasteiger partial charge >= 0.3 is 6.18 Å². The summed E-state index contributed by atoms with van der Waals surface area (Å²) in [5, 5.41) is 7.06. The lowest BCUT2D eigenvalue weighted by Crippen LogP contribution is -2.15. The minimum Gasteiger partial charge on any atom is -0.382 e.